The molecule has 0 aliphatic carbocycles. The molecule has 24 heavy (non-hydrogen) atoms. The van der Waals surface area contributed by atoms with E-state index in [-0.39, 0.29) is 5.78 Å². The van der Waals surface area contributed by atoms with Crippen LogP contribution in [0.1, 0.15) is 31.3 Å². The summed E-state index contributed by atoms with van der Waals surface area (Å²) in [4.78, 5) is 16.6. The predicted molar refractivity (Wildman–Crippen MR) is 98.2 cm³/mol. The SMILES string of the molecule is CC.CC(=O)c1cc2cc(OCCN(C)C)c(OCCN)cc2[nH]1. The van der Waals surface area contributed by atoms with E-state index in [2.05, 4.69) is 4.98 Å². The second kappa shape index (κ2) is 9.95. The standard InChI is InChI=1S/C16H23N3O3.C2H6/c1-11(20)13-8-12-9-15(22-7-5-19(2)3)16(21-6-4-17)10-14(12)18-13;1-2/h8-10,18H,4-7,17H2,1-3H3;1-2H3. The molecule has 0 aliphatic rings. The molecule has 1 aromatic carbocycles. The molecule has 0 atom stereocenters. The van der Waals surface area contributed by atoms with Crippen molar-refractivity contribution in [3.63, 3.8) is 0 Å². The third-order valence-corrected chi connectivity index (χ3v) is 3.24. The van der Waals surface area contributed by atoms with E-state index in [1.165, 1.54) is 6.92 Å². The van der Waals surface area contributed by atoms with Gasteiger partial charge in [0, 0.05) is 37.0 Å². The van der Waals surface area contributed by atoms with E-state index in [0.717, 1.165) is 17.4 Å². The predicted octanol–water partition coefficient (Wildman–Crippen LogP) is 2.67. The van der Waals surface area contributed by atoms with Crippen molar-refractivity contribution >= 4 is 16.7 Å². The molecule has 0 radical (unpaired) electrons. The van der Waals surface area contributed by atoms with Crippen molar-refractivity contribution in [3.8, 4) is 11.5 Å². The lowest BCUT2D eigenvalue weighted by molar-refractivity contribution is 0.101. The number of nitrogens with zero attached hydrogens (tertiary/aromatic N) is 1. The molecule has 134 valence electrons. The van der Waals surface area contributed by atoms with Gasteiger partial charge in [-0.2, -0.15) is 0 Å². The quantitative estimate of drug-likeness (QED) is 0.725. The van der Waals surface area contributed by atoms with Gasteiger partial charge in [0.1, 0.15) is 13.2 Å². The fourth-order valence-electron chi connectivity index (χ4n) is 2.06. The number of rotatable bonds is 8. The van der Waals surface area contributed by atoms with E-state index in [9.17, 15) is 4.79 Å². The van der Waals surface area contributed by atoms with Crippen molar-refractivity contribution in [1.82, 2.24) is 9.88 Å². The molecule has 0 unspecified atom stereocenters. The lowest BCUT2D eigenvalue weighted by Crippen LogP contribution is -2.19. The second-order valence-corrected chi connectivity index (χ2v) is 5.41. The number of aromatic nitrogens is 1. The summed E-state index contributed by atoms with van der Waals surface area (Å²) in [6, 6.07) is 5.56. The first kappa shape index (κ1) is 20.0. The third-order valence-electron chi connectivity index (χ3n) is 3.24. The van der Waals surface area contributed by atoms with Gasteiger partial charge in [-0.1, -0.05) is 13.8 Å². The Morgan fingerprint density at radius 3 is 2.33 bits per heavy atom. The molecule has 6 heteroatoms. The number of likely N-dealkylation sites (N-methyl/N-ethyl adjacent to an activating group) is 1. The Morgan fingerprint density at radius 1 is 1.12 bits per heavy atom. The Labute approximate surface area is 143 Å². The Morgan fingerprint density at radius 2 is 1.75 bits per heavy atom. The number of H-pyrrole nitrogens is 1. The van der Waals surface area contributed by atoms with Gasteiger partial charge in [0.05, 0.1) is 5.69 Å². The lowest BCUT2D eigenvalue weighted by atomic mass is 10.2. The highest BCUT2D eigenvalue weighted by atomic mass is 16.5. The molecule has 3 N–H and O–H groups in total. The number of benzene rings is 1. The molecule has 0 spiro atoms. The van der Waals surface area contributed by atoms with Crippen LogP contribution in [0, 0.1) is 0 Å². The topological polar surface area (TPSA) is 80.6 Å². The van der Waals surface area contributed by atoms with E-state index in [4.69, 9.17) is 15.2 Å². The number of fused-ring (bicyclic) bond motifs is 1. The van der Waals surface area contributed by atoms with Crippen molar-refractivity contribution in [1.29, 1.82) is 0 Å². The molecule has 0 fully saturated rings. The van der Waals surface area contributed by atoms with Gasteiger partial charge in [0.2, 0.25) is 0 Å². The number of nitrogens with two attached hydrogens (primary N) is 1. The van der Waals surface area contributed by atoms with Crippen molar-refractivity contribution in [3.05, 3.63) is 23.9 Å². The van der Waals surface area contributed by atoms with Crippen LogP contribution in [0.5, 0.6) is 11.5 Å². The molecule has 0 bridgehead atoms. The highest BCUT2D eigenvalue weighted by Gasteiger charge is 2.12. The summed E-state index contributed by atoms with van der Waals surface area (Å²) in [7, 11) is 3.98. The molecular formula is C18H29N3O3. The minimum absolute atomic E-state index is 0.00398. The number of Topliss-reactive ketones (excluding diaryl/α,β-unsaturated/α-hetero) is 1. The van der Waals surface area contributed by atoms with Crippen molar-refractivity contribution in [2.45, 2.75) is 20.8 Å². The minimum atomic E-state index is -0.00398. The first-order valence-corrected chi connectivity index (χ1v) is 8.29. The summed E-state index contributed by atoms with van der Waals surface area (Å²) in [5.41, 5.74) is 6.92. The Bertz CT molecular complexity index is 650. The van der Waals surface area contributed by atoms with E-state index in [1.807, 2.05) is 51.0 Å². The number of carbonyl (C=O) groups excluding carboxylic acids is 1. The monoisotopic (exact) mass is 335 g/mol. The van der Waals surface area contributed by atoms with Crippen molar-refractivity contribution in [2.75, 3.05) is 40.4 Å². The first-order valence-electron chi connectivity index (χ1n) is 8.29. The summed E-state index contributed by atoms with van der Waals surface area (Å²) < 4.78 is 11.5. The van der Waals surface area contributed by atoms with Gasteiger partial charge in [0.25, 0.3) is 0 Å². The summed E-state index contributed by atoms with van der Waals surface area (Å²) in [6.45, 7) is 7.74. The largest absolute Gasteiger partial charge is 0.488 e. The maximum absolute atomic E-state index is 11.5. The van der Waals surface area contributed by atoms with Gasteiger partial charge >= 0.3 is 0 Å². The summed E-state index contributed by atoms with van der Waals surface area (Å²) in [5, 5.41) is 0.921. The average Bonchev–Trinajstić information content (AvgIpc) is 2.97. The number of hydrogen-bond donors (Lipinski definition) is 2. The minimum Gasteiger partial charge on any atom is -0.488 e. The van der Waals surface area contributed by atoms with Gasteiger partial charge in [-0.05, 0) is 26.2 Å². The van der Waals surface area contributed by atoms with Crippen LogP contribution in [0.2, 0.25) is 0 Å². The lowest BCUT2D eigenvalue weighted by Gasteiger charge is -2.14. The van der Waals surface area contributed by atoms with Crippen LogP contribution in [0.3, 0.4) is 0 Å². The number of aromatic amines is 1. The van der Waals surface area contributed by atoms with Gasteiger partial charge in [-0.3, -0.25) is 4.79 Å². The summed E-state index contributed by atoms with van der Waals surface area (Å²) in [5.74, 6) is 1.29. The molecule has 0 saturated carbocycles. The van der Waals surface area contributed by atoms with E-state index < -0.39 is 0 Å². The molecule has 2 aromatic rings. The van der Waals surface area contributed by atoms with Gasteiger partial charge < -0.3 is 25.1 Å². The first-order chi connectivity index (χ1) is 11.5. The molecule has 0 aliphatic heterocycles. The van der Waals surface area contributed by atoms with Gasteiger partial charge in [0.15, 0.2) is 17.3 Å². The Balaban J connectivity index is 0.00000139. The van der Waals surface area contributed by atoms with Crippen LogP contribution in [0.15, 0.2) is 18.2 Å². The van der Waals surface area contributed by atoms with Crippen LogP contribution in [-0.4, -0.2) is 56.1 Å². The zero-order valence-electron chi connectivity index (χ0n) is 15.3. The maximum atomic E-state index is 11.5. The molecule has 1 aromatic heterocycles. The van der Waals surface area contributed by atoms with E-state index >= 15 is 0 Å². The number of ether oxygens (including phenoxy) is 2. The zero-order chi connectivity index (χ0) is 18.1. The molecule has 6 nitrogen and oxygen atoms in total. The Hall–Kier alpha value is -2.05. The fourth-order valence-corrected chi connectivity index (χ4v) is 2.06. The molecule has 1 heterocycles. The Kier molecular flexibility index (Phi) is 8.29. The number of ketones is 1. The number of hydrogen-bond acceptors (Lipinski definition) is 5. The highest BCUT2D eigenvalue weighted by Crippen LogP contribution is 2.33. The normalized spacial score (nSPS) is 10.5. The second-order valence-electron chi connectivity index (χ2n) is 5.41. The van der Waals surface area contributed by atoms with E-state index in [1.54, 1.807) is 0 Å². The molecule has 0 saturated heterocycles. The van der Waals surface area contributed by atoms with Crippen LogP contribution in [-0.2, 0) is 0 Å². The number of nitrogens with one attached hydrogen (secondary N) is 1. The fraction of sp³-hybridized carbons (Fsp3) is 0.500. The van der Waals surface area contributed by atoms with Crippen LogP contribution in [0.4, 0.5) is 0 Å². The highest BCUT2D eigenvalue weighted by molar-refractivity contribution is 5.98. The van der Waals surface area contributed by atoms with Crippen LogP contribution < -0.4 is 15.2 Å². The van der Waals surface area contributed by atoms with Gasteiger partial charge in [-0.25, -0.2) is 0 Å². The maximum Gasteiger partial charge on any atom is 0.175 e. The van der Waals surface area contributed by atoms with E-state index in [0.29, 0.717) is 37.0 Å². The number of carbonyl (C=O) groups is 1. The van der Waals surface area contributed by atoms with Crippen molar-refractivity contribution in [2.24, 2.45) is 5.73 Å². The molecule has 0 amide bonds. The molecule has 2 rings (SSSR count). The molecular weight excluding hydrogens is 306 g/mol. The van der Waals surface area contributed by atoms with Crippen LogP contribution in [0.25, 0.3) is 10.9 Å². The van der Waals surface area contributed by atoms with Gasteiger partial charge in [-0.15, -0.1) is 0 Å². The van der Waals surface area contributed by atoms with Crippen LogP contribution >= 0.6 is 0 Å². The third kappa shape index (κ3) is 5.54. The van der Waals surface area contributed by atoms with Crippen molar-refractivity contribution < 1.29 is 14.3 Å². The summed E-state index contributed by atoms with van der Waals surface area (Å²) in [6.07, 6.45) is 0. The zero-order valence-corrected chi connectivity index (χ0v) is 15.3. The average molecular weight is 335 g/mol. The summed E-state index contributed by atoms with van der Waals surface area (Å²) >= 11 is 0. The smallest absolute Gasteiger partial charge is 0.175 e.